The minimum atomic E-state index is -0.391. The Hall–Kier alpha value is -4.86. The number of carbonyl (C=O) groups excluding carboxylic acids is 1. The van der Waals surface area contributed by atoms with Crippen LogP contribution >= 0.6 is 0 Å². The van der Waals surface area contributed by atoms with Crippen LogP contribution in [0.2, 0.25) is 0 Å². The van der Waals surface area contributed by atoms with Crippen molar-refractivity contribution in [1.82, 2.24) is 29.5 Å². The van der Waals surface area contributed by atoms with Crippen LogP contribution in [-0.2, 0) is 0 Å². The SMILES string of the molecule is CNc1cc(Nc2ccc(-c3ccccc3)cn2)c2ncc(C(=O)Nc3ccncn3)n2n1. The van der Waals surface area contributed by atoms with Crippen molar-refractivity contribution in [3.8, 4) is 11.1 Å². The van der Waals surface area contributed by atoms with Gasteiger partial charge in [0.2, 0.25) is 0 Å². The second kappa shape index (κ2) is 8.71. The lowest BCUT2D eigenvalue weighted by molar-refractivity contribution is 0.102. The van der Waals surface area contributed by atoms with Crippen molar-refractivity contribution in [3.05, 3.63) is 85.2 Å². The molecule has 5 rings (SSSR count). The Balaban J connectivity index is 1.45. The molecule has 0 spiro atoms. The Morgan fingerprint density at radius 3 is 2.48 bits per heavy atom. The second-order valence-electron chi connectivity index (χ2n) is 7.04. The highest BCUT2D eigenvalue weighted by molar-refractivity contribution is 6.03. The van der Waals surface area contributed by atoms with Crippen LogP contribution in [0.1, 0.15) is 10.5 Å². The molecule has 0 aliphatic rings. The van der Waals surface area contributed by atoms with E-state index in [0.29, 0.717) is 28.8 Å². The number of carbonyl (C=O) groups is 1. The number of hydrogen-bond acceptors (Lipinski definition) is 8. The lowest BCUT2D eigenvalue weighted by Crippen LogP contribution is -2.16. The van der Waals surface area contributed by atoms with Crippen molar-refractivity contribution in [3.63, 3.8) is 0 Å². The molecule has 0 saturated heterocycles. The first kappa shape index (κ1) is 20.1. The van der Waals surface area contributed by atoms with Gasteiger partial charge in [-0.1, -0.05) is 30.3 Å². The number of amides is 1. The number of imidazole rings is 1. The molecular formula is C23H19N9O. The van der Waals surface area contributed by atoms with Gasteiger partial charge in [0.1, 0.15) is 23.8 Å². The standard InChI is InChI=1S/C23H19N9O/c1-24-21-11-17(29-19-8-7-16(12-26-19)15-5-3-2-4-6-15)22-27-13-18(32(22)31-21)23(33)30-20-9-10-25-14-28-20/h2-14H,1H3,(H,24,31)(H,26,29)(H,25,28,30,33). The molecule has 1 aromatic carbocycles. The van der Waals surface area contributed by atoms with E-state index in [-0.39, 0.29) is 5.69 Å². The molecule has 0 fully saturated rings. The number of anilines is 4. The van der Waals surface area contributed by atoms with Crippen LogP contribution in [0, 0.1) is 0 Å². The molecule has 0 bridgehead atoms. The minimum absolute atomic E-state index is 0.260. The first-order valence-corrected chi connectivity index (χ1v) is 10.1. The molecule has 0 unspecified atom stereocenters. The van der Waals surface area contributed by atoms with Gasteiger partial charge in [-0.2, -0.15) is 0 Å². The third-order valence-electron chi connectivity index (χ3n) is 4.91. The van der Waals surface area contributed by atoms with Crippen LogP contribution in [0.3, 0.4) is 0 Å². The van der Waals surface area contributed by atoms with Crippen LogP contribution < -0.4 is 16.0 Å². The molecule has 0 radical (unpaired) electrons. The van der Waals surface area contributed by atoms with Gasteiger partial charge in [0.25, 0.3) is 5.91 Å². The molecule has 0 aliphatic carbocycles. The number of rotatable bonds is 6. The summed E-state index contributed by atoms with van der Waals surface area (Å²) in [7, 11) is 1.75. The first-order chi connectivity index (χ1) is 16.2. The molecular weight excluding hydrogens is 418 g/mol. The lowest BCUT2D eigenvalue weighted by Gasteiger charge is -2.11. The third kappa shape index (κ3) is 4.17. The molecule has 0 saturated carbocycles. The molecule has 4 heterocycles. The molecule has 0 atom stereocenters. The number of nitrogens with one attached hydrogen (secondary N) is 3. The number of benzene rings is 1. The van der Waals surface area contributed by atoms with E-state index in [1.54, 1.807) is 31.6 Å². The van der Waals surface area contributed by atoms with Gasteiger partial charge in [0, 0.05) is 31.1 Å². The van der Waals surface area contributed by atoms with Gasteiger partial charge >= 0.3 is 0 Å². The van der Waals surface area contributed by atoms with Gasteiger partial charge in [-0.25, -0.2) is 24.5 Å². The van der Waals surface area contributed by atoms with Crippen molar-refractivity contribution in [2.45, 2.75) is 0 Å². The molecule has 10 heteroatoms. The Morgan fingerprint density at radius 2 is 1.76 bits per heavy atom. The fourth-order valence-corrected chi connectivity index (χ4v) is 3.29. The predicted molar refractivity (Wildman–Crippen MR) is 125 cm³/mol. The smallest absolute Gasteiger partial charge is 0.277 e. The van der Waals surface area contributed by atoms with E-state index >= 15 is 0 Å². The van der Waals surface area contributed by atoms with E-state index in [9.17, 15) is 4.79 Å². The minimum Gasteiger partial charge on any atom is -0.372 e. The highest BCUT2D eigenvalue weighted by Gasteiger charge is 2.17. The molecule has 0 aliphatic heterocycles. The Labute approximate surface area is 188 Å². The maximum atomic E-state index is 12.8. The van der Waals surface area contributed by atoms with Crippen LogP contribution in [-0.4, -0.2) is 42.5 Å². The van der Waals surface area contributed by atoms with Crippen molar-refractivity contribution in [2.24, 2.45) is 0 Å². The summed E-state index contributed by atoms with van der Waals surface area (Å²) < 4.78 is 1.48. The van der Waals surface area contributed by atoms with E-state index in [1.165, 1.54) is 17.0 Å². The molecule has 3 N–H and O–H groups in total. The summed E-state index contributed by atoms with van der Waals surface area (Å²) in [5.41, 5.74) is 3.50. The largest absolute Gasteiger partial charge is 0.372 e. The molecule has 1 amide bonds. The number of aromatic nitrogens is 6. The maximum absolute atomic E-state index is 12.8. The zero-order valence-electron chi connectivity index (χ0n) is 17.6. The number of fused-ring (bicyclic) bond motifs is 1. The van der Waals surface area contributed by atoms with Gasteiger partial charge in [0.05, 0.1) is 11.9 Å². The van der Waals surface area contributed by atoms with Crippen molar-refractivity contribution >= 4 is 34.7 Å². The third-order valence-corrected chi connectivity index (χ3v) is 4.91. The summed E-state index contributed by atoms with van der Waals surface area (Å²) in [6, 6.07) is 17.3. The van der Waals surface area contributed by atoms with Crippen LogP contribution in [0.15, 0.2) is 79.5 Å². The topological polar surface area (TPSA) is 122 Å². The fraction of sp³-hybridized carbons (Fsp3) is 0.0435. The molecule has 4 aromatic heterocycles. The summed E-state index contributed by atoms with van der Waals surface area (Å²) in [6.07, 6.45) is 6.18. The summed E-state index contributed by atoms with van der Waals surface area (Å²) in [6.45, 7) is 0. The number of hydrogen-bond donors (Lipinski definition) is 3. The van der Waals surface area contributed by atoms with Crippen molar-refractivity contribution in [2.75, 3.05) is 23.0 Å². The average Bonchev–Trinajstić information content (AvgIpc) is 3.30. The normalized spacial score (nSPS) is 10.7. The Kier molecular flexibility index (Phi) is 5.30. The average molecular weight is 437 g/mol. The Bertz CT molecular complexity index is 1400. The summed E-state index contributed by atoms with van der Waals surface area (Å²) >= 11 is 0. The number of nitrogens with zero attached hydrogens (tertiary/aromatic N) is 6. The van der Waals surface area contributed by atoms with Gasteiger partial charge in [0.15, 0.2) is 11.3 Å². The van der Waals surface area contributed by atoms with E-state index in [1.807, 2.05) is 42.5 Å². The second-order valence-corrected chi connectivity index (χ2v) is 7.04. The number of pyridine rings is 1. The van der Waals surface area contributed by atoms with Crippen molar-refractivity contribution in [1.29, 1.82) is 0 Å². The maximum Gasteiger partial charge on any atom is 0.277 e. The van der Waals surface area contributed by atoms with E-state index in [4.69, 9.17) is 0 Å². The first-order valence-electron chi connectivity index (χ1n) is 10.1. The molecule has 33 heavy (non-hydrogen) atoms. The van der Waals surface area contributed by atoms with Crippen molar-refractivity contribution < 1.29 is 4.79 Å². The van der Waals surface area contributed by atoms with Gasteiger partial charge in [-0.15, -0.1) is 5.10 Å². The highest BCUT2D eigenvalue weighted by atomic mass is 16.2. The van der Waals surface area contributed by atoms with Crippen LogP contribution in [0.5, 0.6) is 0 Å². The molecule has 5 aromatic rings. The summed E-state index contributed by atoms with van der Waals surface area (Å²) in [5.74, 6) is 1.19. The predicted octanol–water partition coefficient (Wildman–Crippen LogP) is 3.62. The summed E-state index contributed by atoms with van der Waals surface area (Å²) in [4.78, 5) is 29.6. The van der Waals surface area contributed by atoms with Gasteiger partial charge < -0.3 is 16.0 Å². The lowest BCUT2D eigenvalue weighted by atomic mass is 10.1. The van der Waals surface area contributed by atoms with E-state index < -0.39 is 5.91 Å². The van der Waals surface area contributed by atoms with Gasteiger partial charge in [-0.05, 0) is 23.8 Å². The summed E-state index contributed by atoms with van der Waals surface area (Å²) in [5, 5.41) is 13.5. The zero-order chi connectivity index (χ0) is 22.6. The van der Waals surface area contributed by atoms with Crippen LogP contribution in [0.25, 0.3) is 16.8 Å². The van der Waals surface area contributed by atoms with Gasteiger partial charge in [-0.3, -0.25) is 4.79 Å². The quantitative estimate of drug-likeness (QED) is 0.368. The van der Waals surface area contributed by atoms with E-state index in [0.717, 1.165) is 11.1 Å². The fourth-order valence-electron chi connectivity index (χ4n) is 3.29. The molecule has 162 valence electrons. The zero-order valence-corrected chi connectivity index (χ0v) is 17.6. The van der Waals surface area contributed by atoms with Crippen LogP contribution in [0.4, 0.5) is 23.1 Å². The van der Waals surface area contributed by atoms with E-state index in [2.05, 4.69) is 41.0 Å². The Morgan fingerprint density at radius 1 is 0.879 bits per heavy atom. The monoisotopic (exact) mass is 437 g/mol. The highest BCUT2D eigenvalue weighted by Crippen LogP contribution is 2.25. The molecule has 10 nitrogen and oxygen atoms in total.